The lowest BCUT2D eigenvalue weighted by Crippen LogP contribution is -2.45. The molecule has 4 nitrogen and oxygen atoms in total. The summed E-state index contributed by atoms with van der Waals surface area (Å²) in [5.74, 6) is 0.179. The molecule has 2 rings (SSSR count). The number of rotatable bonds is 2. The van der Waals surface area contributed by atoms with Gasteiger partial charge in [-0.1, -0.05) is 6.92 Å². The molecule has 4 unspecified atom stereocenters. The van der Waals surface area contributed by atoms with E-state index in [1.807, 2.05) is 18.7 Å². The highest BCUT2D eigenvalue weighted by Crippen LogP contribution is 2.29. The van der Waals surface area contributed by atoms with Crippen molar-refractivity contribution in [2.24, 2.45) is 11.7 Å². The molecule has 1 amide bonds. The number of fused-ring (bicyclic) bond motifs is 2. The molecule has 0 aliphatic carbocycles. The Morgan fingerprint density at radius 3 is 2.53 bits per heavy atom. The fraction of sp³-hybridized carbons (Fsp3) is 0.923. The van der Waals surface area contributed by atoms with Gasteiger partial charge in [-0.15, -0.1) is 0 Å². The standard InChI is InChI=1S/C13H25N3O/c1-9(10(2)14)13(17)16-7-6-11-4-5-12(8-16)15(11)3/h9-12H,4-8,14H2,1-3H3. The van der Waals surface area contributed by atoms with Crippen molar-refractivity contribution in [2.45, 2.75) is 51.2 Å². The highest BCUT2D eigenvalue weighted by atomic mass is 16.2. The number of hydrogen-bond donors (Lipinski definition) is 1. The summed E-state index contributed by atoms with van der Waals surface area (Å²) < 4.78 is 0. The average molecular weight is 239 g/mol. The molecule has 2 saturated heterocycles. The number of carbonyl (C=O) groups is 1. The molecule has 17 heavy (non-hydrogen) atoms. The van der Waals surface area contributed by atoms with Crippen molar-refractivity contribution >= 4 is 5.91 Å². The molecule has 0 aromatic heterocycles. The first-order valence-electron chi connectivity index (χ1n) is 6.77. The van der Waals surface area contributed by atoms with Gasteiger partial charge >= 0.3 is 0 Å². The van der Waals surface area contributed by atoms with E-state index >= 15 is 0 Å². The summed E-state index contributed by atoms with van der Waals surface area (Å²) in [5, 5.41) is 0. The molecule has 2 aliphatic heterocycles. The smallest absolute Gasteiger partial charge is 0.227 e. The monoisotopic (exact) mass is 239 g/mol. The van der Waals surface area contributed by atoms with Crippen molar-refractivity contribution in [3.63, 3.8) is 0 Å². The quantitative estimate of drug-likeness (QED) is 0.770. The molecule has 98 valence electrons. The zero-order valence-electron chi connectivity index (χ0n) is 11.2. The molecule has 2 heterocycles. The number of nitrogens with two attached hydrogens (primary N) is 1. The molecule has 4 heteroatoms. The van der Waals surface area contributed by atoms with Crippen LogP contribution in [0.1, 0.15) is 33.1 Å². The van der Waals surface area contributed by atoms with E-state index in [0.717, 1.165) is 19.5 Å². The summed E-state index contributed by atoms with van der Waals surface area (Å²) >= 11 is 0. The summed E-state index contributed by atoms with van der Waals surface area (Å²) in [7, 11) is 2.20. The van der Waals surface area contributed by atoms with Crippen LogP contribution >= 0.6 is 0 Å². The minimum absolute atomic E-state index is 0.0549. The lowest BCUT2D eigenvalue weighted by atomic mass is 10.0. The van der Waals surface area contributed by atoms with Crippen LogP contribution in [0.25, 0.3) is 0 Å². The van der Waals surface area contributed by atoms with Crippen LogP contribution in [-0.2, 0) is 4.79 Å². The molecule has 2 aliphatic rings. The van der Waals surface area contributed by atoms with E-state index in [9.17, 15) is 4.79 Å². The van der Waals surface area contributed by atoms with E-state index in [1.165, 1.54) is 12.8 Å². The van der Waals surface area contributed by atoms with Crippen molar-refractivity contribution < 1.29 is 4.79 Å². The molecule has 0 aromatic rings. The number of carbonyl (C=O) groups excluding carboxylic acids is 1. The molecule has 0 aromatic carbocycles. The van der Waals surface area contributed by atoms with Crippen molar-refractivity contribution in [3.8, 4) is 0 Å². The van der Waals surface area contributed by atoms with Crippen LogP contribution in [-0.4, -0.2) is 54.0 Å². The zero-order chi connectivity index (χ0) is 12.6. The van der Waals surface area contributed by atoms with Gasteiger partial charge in [0, 0.05) is 31.2 Å². The Morgan fingerprint density at radius 2 is 1.88 bits per heavy atom. The Kier molecular flexibility index (Phi) is 3.73. The van der Waals surface area contributed by atoms with Crippen LogP contribution in [0.15, 0.2) is 0 Å². The van der Waals surface area contributed by atoms with Gasteiger partial charge in [-0.05, 0) is 33.2 Å². The van der Waals surface area contributed by atoms with Crippen molar-refractivity contribution in [2.75, 3.05) is 20.1 Å². The van der Waals surface area contributed by atoms with E-state index in [2.05, 4.69) is 11.9 Å². The Morgan fingerprint density at radius 1 is 1.24 bits per heavy atom. The van der Waals surface area contributed by atoms with Crippen LogP contribution in [0.4, 0.5) is 0 Å². The van der Waals surface area contributed by atoms with E-state index in [-0.39, 0.29) is 17.9 Å². The van der Waals surface area contributed by atoms with Gasteiger partial charge in [0.15, 0.2) is 0 Å². The molecule has 0 radical (unpaired) electrons. The topological polar surface area (TPSA) is 49.6 Å². The van der Waals surface area contributed by atoms with Gasteiger partial charge in [-0.25, -0.2) is 0 Å². The largest absolute Gasteiger partial charge is 0.341 e. The predicted molar refractivity (Wildman–Crippen MR) is 68.6 cm³/mol. The zero-order valence-corrected chi connectivity index (χ0v) is 11.2. The number of likely N-dealkylation sites (N-methyl/N-ethyl adjacent to an activating group) is 1. The number of likely N-dealkylation sites (tertiary alicyclic amines) is 1. The van der Waals surface area contributed by atoms with Crippen molar-refractivity contribution in [1.82, 2.24) is 9.80 Å². The lowest BCUT2D eigenvalue weighted by molar-refractivity contribution is -0.135. The van der Waals surface area contributed by atoms with Gasteiger partial charge in [0.05, 0.1) is 5.92 Å². The highest BCUT2D eigenvalue weighted by molar-refractivity contribution is 5.79. The summed E-state index contributed by atoms with van der Waals surface area (Å²) in [4.78, 5) is 16.8. The maximum atomic E-state index is 12.3. The Labute approximate surface area is 104 Å². The van der Waals surface area contributed by atoms with Gasteiger partial charge in [-0.3, -0.25) is 9.69 Å². The van der Waals surface area contributed by atoms with E-state index in [4.69, 9.17) is 5.73 Å². The predicted octanol–water partition coefficient (Wildman–Crippen LogP) is 0.665. The summed E-state index contributed by atoms with van der Waals surface area (Å²) in [6.07, 6.45) is 3.65. The minimum atomic E-state index is -0.0584. The first-order chi connectivity index (χ1) is 8.00. The lowest BCUT2D eigenvalue weighted by Gasteiger charge is -2.29. The third-order valence-corrected chi connectivity index (χ3v) is 4.64. The fourth-order valence-electron chi connectivity index (χ4n) is 3.02. The Balaban J connectivity index is 2.01. The molecule has 0 saturated carbocycles. The second-order valence-electron chi connectivity index (χ2n) is 5.77. The molecular formula is C13H25N3O. The molecule has 0 spiro atoms. The number of hydrogen-bond acceptors (Lipinski definition) is 3. The van der Waals surface area contributed by atoms with Gasteiger partial charge in [-0.2, -0.15) is 0 Å². The van der Waals surface area contributed by atoms with Crippen molar-refractivity contribution in [3.05, 3.63) is 0 Å². The second-order valence-corrected chi connectivity index (χ2v) is 5.77. The second kappa shape index (κ2) is 4.94. The van der Waals surface area contributed by atoms with Gasteiger partial charge in [0.25, 0.3) is 0 Å². The molecule has 2 fully saturated rings. The van der Waals surface area contributed by atoms with Crippen LogP contribution in [0.5, 0.6) is 0 Å². The van der Waals surface area contributed by atoms with Crippen molar-refractivity contribution in [1.29, 1.82) is 0 Å². The van der Waals surface area contributed by atoms with E-state index in [1.54, 1.807) is 0 Å². The SMILES string of the molecule is CC(N)C(C)C(=O)N1CCC2CCC(C1)N2C. The number of amides is 1. The molecule has 4 atom stereocenters. The van der Waals surface area contributed by atoms with Gasteiger partial charge < -0.3 is 10.6 Å². The Bertz CT molecular complexity index is 292. The van der Waals surface area contributed by atoms with Crippen LogP contribution in [0, 0.1) is 5.92 Å². The molecule has 2 N–H and O–H groups in total. The molecular weight excluding hydrogens is 214 g/mol. The highest BCUT2D eigenvalue weighted by Gasteiger charge is 2.37. The normalized spacial score (nSPS) is 33.3. The number of nitrogens with zero attached hydrogens (tertiary/aromatic N) is 2. The first-order valence-corrected chi connectivity index (χ1v) is 6.77. The van der Waals surface area contributed by atoms with Crippen LogP contribution in [0.3, 0.4) is 0 Å². The van der Waals surface area contributed by atoms with E-state index in [0.29, 0.717) is 12.1 Å². The molecule has 2 bridgehead atoms. The minimum Gasteiger partial charge on any atom is -0.341 e. The summed E-state index contributed by atoms with van der Waals surface area (Å²) in [6.45, 7) is 5.66. The van der Waals surface area contributed by atoms with Gasteiger partial charge in [0.1, 0.15) is 0 Å². The van der Waals surface area contributed by atoms with Crippen LogP contribution in [0.2, 0.25) is 0 Å². The first kappa shape index (κ1) is 12.8. The maximum absolute atomic E-state index is 12.3. The maximum Gasteiger partial charge on any atom is 0.227 e. The summed E-state index contributed by atoms with van der Waals surface area (Å²) in [6, 6.07) is 1.19. The third-order valence-electron chi connectivity index (χ3n) is 4.64. The summed E-state index contributed by atoms with van der Waals surface area (Å²) in [5.41, 5.74) is 5.83. The third kappa shape index (κ3) is 2.47. The van der Waals surface area contributed by atoms with Gasteiger partial charge in [0.2, 0.25) is 5.91 Å². The fourth-order valence-corrected chi connectivity index (χ4v) is 3.02. The Hall–Kier alpha value is -0.610. The average Bonchev–Trinajstić information content (AvgIpc) is 2.51. The van der Waals surface area contributed by atoms with Crippen LogP contribution < -0.4 is 5.73 Å². The van der Waals surface area contributed by atoms with E-state index < -0.39 is 0 Å².